The van der Waals surface area contributed by atoms with Gasteiger partial charge in [0.05, 0.1) is 0 Å². The van der Waals surface area contributed by atoms with Crippen LogP contribution in [-0.2, 0) is 19.8 Å². The molecule has 1 rings (SSSR count). The Kier molecular flexibility index (Phi) is 5.62. The third-order valence-electron chi connectivity index (χ3n) is 3.21. The lowest BCUT2D eigenvalue weighted by Gasteiger charge is -2.20. The second-order valence-electron chi connectivity index (χ2n) is 5.28. The molecule has 0 saturated heterocycles. The molecule has 1 aromatic heterocycles. The zero-order valence-electron chi connectivity index (χ0n) is 12.9. The Balaban J connectivity index is 2.74. The largest absolute Gasteiger partial charge is 0.435 e. The second kappa shape index (κ2) is 6.82. The molecule has 0 aliphatic carbocycles. The van der Waals surface area contributed by atoms with Crippen LogP contribution in [0.5, 0.6) is 0 Å². The molecule has 0 amide bonds. The number of nitrogens with zero attached hydrogens (tertiary/aromatic N) is 3. The minimum absolute atomic E-state index is 0.00711. The van der Waals surface area contributed by atoms with Gasteiger partial charge in [-0.05, 0) is 12.8 Å². The van der Waals surface area contributed by atoms with Gasteiger partial charge in [0.2, 0.25) is 0 Å². The summed E-state index contributed by atoms with van der Waals surface area (Å²) >= 11 is 0. The van der Waals surface area contributed by atoms with Gasteiger partial charge in [-0.15, -0.1) is 0 Å². The molecule has 2 N–H and O–H groups in total. The molecule has 0 saturated carbocycles. The molecule has 5 nitrogen and oxygen atoms in total. The first-order valence-electron chi connectivity index (χ1n) is 6.72. The van der Waals surface area contributed by atoms with Crippen molar-refractivity contribution in [3.8, 4) is 0 Å². The van der Waals surface area contributed by atoms with Crippen LogP contribution in [0.3, 0.4) is 0 Å². The molecule has 0 aliphatic heterocycles. The first kappa shape index (κ1) is 17.3. The van der Waals surface area contributed by atoms with E-state index < -0.39 is 11.9 Å². The van der Waals surface area contributed by atoms with Gasteiger partial charge < -0.3 is 10.6 Å². The van der Waals surface area contributed by atoms with Crippen LogP contribution in [0.2, 0.25) is 0 Å². The fourth-order valence-electron chi connectivity index (χ4n) is 1.66. The first-order chi connectivity index (χ1) is 9.65. The summed E-state index contributed by atoms with van der Waals surface area (Å²) in [7, 11) is 3.04. The van der Waals surface area contributed by atoms with E-state index in [-0.39, 0.29) is 18.2 Å². The van der Waals surface area contributed by atoms with E-state index in [4.69, 9.17) is 0 Å². The maximum absolute atomic E-state index is 12.8. The summed E-state index contributed by atoms with van der Waals surface area (Å²) in [6, 6.07) is 0.159. The predicted molar refractivity (Wildman–Crippen MR) is 75.8 cm³/mol. The van der Waals surface area contributed by atoms with Crippen LogP contribution < -0.4 is 10.6 Å². The fourth-order valence-corrected chi connectivity index (χ4v) is 1.66. The highest BCUT2D eigenvalue weighted by Crippen LogP contribution is 2.30. The maximum Gasteiger partial charge on any atom is 0.435 e. The molecule has 1 unspecified atom stereocenters. The van der Waals surface area contributed by atoms with E-state index in [9.17, 15) is 13.2 Å². The Morgan fingerprint density at radius 3 is 2.48 bits per heavy atom. The Morgan fingerprint density at radius 1 is 1.38 bits per heavy atom. The molecule has 0 fully saturated rings. The molecule has 0 spiro atoms. The van der Waals surface area contributed by atoms with Gasteiger partial charge in [-0.3, -0.25) is 9.67 Å². The van der Waals surface area contributed by atoms with Gasteiger partial charge in [0.25, 0.3) is 0 Å². The van der Waals surface area contributed by atoms with Crippen molar-refractivity contribution in [1.82, 2.24) is 20.4 Å². The van der Waals surface area contributed by atoms with Gasteiger partial charge in [-0.2, -0.15) is 18.3 Å². The summed E-state index contributed by atoms with van der Waals surface area (Å²) in [5.41, 5.74) is -0.782. The number of hydrogen-bond acceptors (Lipinski definition) is 2. The Morgan fingerprint density at radius 2 is 2.00 bits per heavy atom. The lowest BCUT2D eigenvalue weighted by Crippen LogP contribution is -2.44. The molecule has 1 atom stereocenters. The Hall–Kier alpha value is -1.73. The summed E-state index contributed by atoms with van der Waals surface area (Å²) < 4.78 is 39.7. The molecular weight excluding hydrogens is 283 g/mol. The van der Waals surface area contributed by atoms with Gasteiger partial charge in [0.1, 0.15) is 0 Å². The summed E-state index contributed by atoms with van der Waals surface area (Å²) in [5.74, 6) is 0.848. The van der Waals surface area contributed by atoms with Crippen LogP contribution in [0.15, 0.2) is 11.2 Å². The molecule has 0 aliphatic rings. The minimum atomic E-state index is -4.46. The number of halogens is 3. The Bertz CT molecular complexity index is 490. The highest BCUT2D eigenvalue weighted by Gasteiger charge is 2.36. The first-order valence-corrected chi connectivity index (χ1v) is 6.72. The highest BCUT2D eigenvalue weighted by atomic mass is 19.4. The van der Waals surface area contributed by atoms with Crippen molar-refractivity contribution in [1.29, 1.82) is 0 Å². The van der Waals surface area contributed by atoms with Gasteiger partial charge in [0.15, 0.2) is 11.7 Å². The number of nitrogens with one attached hydrogen (secondary N) is 2. The van der Waals surface area contributed by atoms with Crippen LogP contribution in [0.25, 0.3) is 0 Å². The standard InChI is InChI=1S/C13H22F3N5/c1-8(2)9(3)19-12(17-4)18-6-10-7-21(5)20-11(10)13(14,15)16/h7-9H,6H2,1-5H3,(H2,17,18,19). The van der Waals surface area contributed by atoms with E-state index >= 15 is 0 Å². The summed E-state index contributed by atoms with van der Waals surface area (Å²) in [5, 5.41) is 9.48. The number of hydrogen-bond donors (Lipinski definition) is 2. The van der Waals surface area contributed by atoms with E-state index in [0.29, 0.717) is 11.9 Å². The summed E-state index contributed by atoms with van der Waals surface area (Å²) in [4.78, 5) is 4.01. The molecule has 0 bridgehead atoms. The zero-order valence-corrected chi connectivity index (χ0v) is 12.9. The molecule has 0 radical (unpaired) electrons. The van der Waals surface area contributed by atoms with Crippen molar-refractivity contribution < 1.29 is 13.2 Å². The van der Waals surface area contributed by atoms with E-state index in [1.54, 1.807) is 7.05 Å². The van der Waals surface area contributed by atoms with Gasteiger partial charge >= 0.3 is 6.18 Å². The maximum atomic E-state index is 12.8. The number of alkyl halides is 3. The van der Waals surface area contributed by atoms with Gasteiger partial charge in [0, 0.05) is 38.4 Å². The number of rotatable bonds is 4. The fraction of sp³-hybridized carbons (Fsp3) is 0.692. The average Bonchev–Trinajstić information content (AvgIpc) is 2.75. The number of aromatic nitrogens is 2. The number of guanidine groups is 1. The van der Waals surface area contributed by atoms with Crippen LogP contribution in [-0.4, -0.2) is 28.8 Å². The molecular formula is C13H22F3N5. The van der Waals surface area contributed by atoms with E-state index in [2.05, 4.69) is 20.7 Å². The smallest absolute Gasteiger partial charge is 0.354 e. The third-order valence-corrected chi connectivity index (χ3v) is 3.21. The van der Waals surface area contributed by atoms with Crippen molar-refractivity contribution in [2.75, 3.05) is 7.05 Å². The predicted octanol–water partition coefficient (Wildman–Crippen LogP) is 2.15. The SMILES string of the molecule is CN=C(NCc1cn(C)nc1C(F)(F)F)NC(C)C(C)C. The Labute approximate surface area is 122 Å². The van der Waals surface area contributed by atoms with E-state index in [1.807, 2.05) is 20.8 Å². The lowest BCUT2D eigenvalue weighted by molar-refractivity contribution is -0.142. The highest BCUT2D eigenvalue weighted by molar-refractivity contribution is 5.79. The molecule has 8 heteroatoms. The van der Waals surface area contributed by atoms with Crippen LogP contribution in [0.1, 0.15) is 32.0 Å². The van der Waals surface area contributed by atoms with Crippen LogP contribution in [0, 0.1) is 5.92 Å². The molecule has 0 aromatic carbocycles. The quantitative estimate of drug-likeness (QED) is 0.662. The van der Waals surface area contributed by atoms with Gasteiger partial charge in [-0.25, -0.2) is 0 Å². The average molecular weight is 305 g/mol. The second-order valence-corrected chi connectivity index (χ2v) is 5.28. The molecule has 120 valence electrons. The third kappa shape index (κ3) is 4.95. The monoisotopic (exact) mass is 305 g/mol. The molecule has 1 heterocycles. The normalized spacial score (nSPS) is 14.4. The summed E-state index contributed by atoms with van der Waals surface area (Å²) in [6.45, 7) is 6.09. The topological polar surface area (TPSA) is 54.2 Å². The van der Waals surface area contributed by atoms with Crippen LogP contribution in [0.4, 0.5) is 13.2 Å². The van der Waals surface area contributed by atoms with Crippen LogP contribution >= 0.6 is 0 Å². The molecule has 21 heavy (non-hydrogen) atoms. The van der Waals surface area contributed by atoms with Crippen molar-refractivity contribution in [2.45, 2.75) is 39.5 Å². The lowest BCUT2D eigenvalue weighted by atomic mass is 10.1. The van der Waals surface area contributed by atoms with Crippen molar-refractivity contribution >= 4 is 5.96 Å². The zero-order chi connectivity index (χ0) is 16.2. The number of aryl methyl sites for hydroxylation is 1. The van der Waals surface area contributed by atoms with Crippen molar-refractivity contribution in [3.63, 3.8) is 0 Å². The van der Waals surface area contributed by atoms with E-state index in [0.717, 1.165) is 4.68 Å². The van der Waals surface area contributed by atoms with Crippen molar-refractivity contribution in [3.05, 3.63) is 17.5 Å². The van der Waals surface area contributed by atoms with E-state index in [1.165, 1.54) is 13.2 Å². The minimum Gasteiger partial charge on any atom is -0.354 e. The molecule has 1 aromatic rings. The van der Waals surface area contributed by atoms with Gasteiger partial charge in [-0.1, -0.05) is 13.8 Å². The number of aliphatic imine (C=N–C) groups is 1. The summed E-state index contributed by atoms with van der Waals surface area (Å²) in [6.07, 6.45) is -3.10. The van der Waals surface area contributed by atoms with Crippen molar-refractivity contribution in [2.24, 2.45) is 18.0 Å².